The van der Waals surface area contributed by atoms with Crippen molar-refractivity contribution in [3.05, 3.63) is 18.2 Å². The lowest BCUT2D eigenvalue weighted by atomic mass is 10.1. The van der Waals surface area contributed by atoms with Crippen LogP contribution < -0.4 is 20.1 Å². The van der Waals surface area contributed by atoms with Crippen LogP contribution in [-0.2, 0) is 4.74 Å². The standard InChI is InChI=1S/C19H31N3O3.HI/c1-20-19(21-12-13-25-16-8-6-4-5-7-9-16)22-15-10-11-17(23-2)18(14-15)24-3;/h10-11,14,16H,4-9,12-13H2,1-3H3,(H2,20,21,22);1H. The molecule has 0 amide bonds. The van der Waals surface area contributed by atoms with E-state index in [9.17, 15) is 0 Å². The molecule has 0 atom stereocenters. The Balaban J connectivity index is 0.00000338. The summed E-state index contributed by atoms with van der Waals surface area (Å²) in [5, 5.41) is 6.53. The summed E-state index contributed by atoms with van der Waals surface area (Å²) in [6, 6.07) is 5.67. The predicted molar refractivity (Wildman–Crippen MR) is 117 cm³/mol. The smallest absolute Gasteiger partial charge is 0.195 e. The molecule has 0 spiro atoms. The summed E-state index contributed by atoms with van der Waals surface area (Å²) < 4.78 is 16.6. The Morgan fingerprint density at radius 1 is 1.08 bits per heavy atom. The Bertz CT molecular complexity index is 547. The number of methoxy groups -OCH3 is 2. The highest BCUT2D eigenvalue weighted by molar-refractivity contribution is 14.0. The van der Waals surface area contributed by atoms with Gasteiger partial charge in [0.25, 0.3) is 0 Å². The van der Waals surface area contributed by atoms with Crippen LogP contribution in [0.1, 0.15) is 38.5 Å². The molecule has 0 saturated heterocycles. The summed E-state index contributed by atoms with van der Waals surface area (Å²) in [7, 11) is 5.00. The Kier molecular flexibility index (Phi) is 11.4. The zero-order valence-corrected chi connectivity index (χ0v) is 18.4. The highest BCUT2D eigenvalue weighted by Crippen LogP contribution is 2.29. The third-order valence-corrected chi connectivity index (χ3v) is 4.42. The molecule has 1 aliphatic carbocycles. The summed E-state index contributed by atoms with van der Waals surface area (Å²) in [4.78, 5) is 4.25. The van der Waals surface area contributed by atoms with Gasteiger partial charge in [0.15, 0.2) is 17.5 Å². The number of rotatable bonds is 7. The Labute approximate surface area is 174 Å². The average Bonchev–Trinajstić information content (AvgIpc) is 2.92. The van der Waals surface area contributed by atoms with Crippen molar-refractivity contribution < 1.29 is 14.2 Å². The van der Waals surface area contributed by atoms with E-state index in [1.165, 1.54) is 38.5 Å². The lowest BCUT2D eigenvalue weighted by Crippen LogP contribution is -2.34. The van der Waals surface area contributed by atoms with Gasteiger partial charge in [-0.15, -0.1) is 24.0 Å². The number of nitrogens with one attached hydrogen (secondary N) is 2. The van der Waals surface area contributed by atoms with Crippen molar-refractivity contribution >= 4 is 35.6 Å². The van der Waals surface area contributed by atoms with Crippen LogP contribution in [0.3, 0.4) is 0 Å². The van der Waals surface area contributed by atoms with Crippen LogP contribution in [0.25, 0.3) is 0 Å². The molecule has 0 heterocycles. The van der Waals surface area contributed by atoms with Crippen molar-refractivity contribution in [1.29, 1.82) is 0 Å². The molecule has 1 aliphatic rings. The van der Waals surface area contributed by atoms with Gasteiger partial charge in [-0.1, -0.05) is 25.7 Å². The fourth-order valence-corrected chi connectivity index (χ4v) is 3.03. The molecule has 1 saturated carbocycles. The van der Waals surface area contributed by atoms with Crippen LogP contribution >= 0.6 is 24.0 Å². The third kappa shape index (κ3) is 7.57. The second-order valence-corrected chi connectivity index (χ2v) is 6.18. The minimum Gasteiger partial charge on any atom is -0.493 e. The summed E-state index contributed by atoms with van der Waals surface area (Å²) in [5.41, 5.74) is 0.885. The fourth-order valence-electron chi connectivity index (χ4n) is 3.03. The van der Waals surface area contributed by atoms with E-state index in [0.717, 1.165) is 12.2 Å². The lowest BCUT2D eigenvalue weighted by molar-refractivity contribution is 0.0469. The molecule has 2 rings (SSSR count). The molecule has 2 N–H and O–H groups in total. The maximum Gasteiger partial charge on any atom is 0.195 e. The second kappa shape index (κ2) is 13.0. The summed E-state index contributed by atoms with van der Waals surface area (Å²) in [6.07, 6.45) is 8.09. The van der Waals surface area contributed by atoms with Crippen LogP contribution in [0.15, 0.2) is 23.2 Å². The summed E-state index contributed by atoms with van der Waals surface area (Å²) >= 11 is 0. The number of nitrogens with zero attached hydrogens (tertiary/aromatic N) is 1. The number of anilines is 1. The van der Waals surface area contributed by atoms with E-state index in [-0.39, 0.29) is 24.0 Å². The van der Waals surface area contributed by atoms with Crippen molar-refractivity contribution in [3.8, 4) is 11.5 Å². The molecule has 148 valence electrons. The molecular weight excluding hydrogens is 445 g/mol. The van der Waals surface area contributed by atoms with Gasteiger partial charge in [0.05, 0.1) is 26.9 Å². The molecule has 26 heavy (non-hydrogen) atoms. The molecule has 0 aliphatic heterocycles. The third-order valence-electron chi connectivity index (χ3n) is 4.42. The minimum absolute atomic E-state index is 0. The van der Waals surface area contributed by atoms with Crippen molar-refractivity contribution in [2.24, 2.45) is 4.99 Å². The van der Waals surface area contributed by atoms with E-state index in [4.69, 9.17) is 14.2 Å². The molecule has 1 aromatic carbocycles. The quantitative estimate of drug-likeness (QED) is 0.204. The summed E-state index contributed by atoms with van der Waals surface area (Å²) in [5.74, 6) is 2.09. The van der Waals surface area contributed by atoms with Gasteiger partial charge >= 0.3 is 0 Å². The van der Waals surface area contributed by atoms with Crippen LogP contribution in [0.5, 0.6) is 11.5 Å². The van der Waals surface area contributed by atoms with E-state index < -0.39 is 0 Å². The van der Waals surface area contributed by atoms with Gasteiger partial charge in [0.1, 0.15) is 0 Å². The first-order valence-electron chi connectivity index (χ1n) is 9.08. The molecule has 1 aromatic rings. The summed E-state index contributed by atoms with van der Waals surface area (Å²) in [6.45, 7) is 1.42. The number of guanidine groups is 1. The maximum absolute atomic E-state index is 5.99. The predicted octanol–water partition coefficient (Wildman–Crippen LogP) is 4.05. The SMILES string of the molecule is CN=C(NCCOC1CCCCCC1)Nc1ccc(OC)c(OC)c1.I. The lowest BCUT2D eigenvalue weighted by Gasteiger charge is -2.17. The first-order chi connectivity index (χ1) is 12.3. The number of ether oxygens (including phenoxy) is 3. The maximum atomic E-state index is 5.99. The van der Waals surface area contributed by atoms with Crippen LogP contribution in [0, 0.1) is 0 Å². The molecule has 0 aromatic heterocycles. The topological polar surface area (TPSA) is 64.1 Å². The Morgan fingerprint density at radius 2 is 1.77 bits per heavy atom. The normalized spacial score (nSPS) is 15.6. The van der Waals surface area contributed by atoms with Gasteiger partial charge in [-0.05, 0) is 25.0 Å². The van der Waals surface area contributed by atoms with E-state index in [2.05, 4.69) is 15.6 Å². The van der Waals surface area contributed by atoms with Crippen molar-refractivity contribution in [2.45, 2.75) is 44.6 Å². The Hall–Kier alpha value is -1.22. The highest BCUT2D eigenvalue weighted by Gasteiger charge is 2.12. The Morgan fingerprint density at radius 3 is 2.38 bits per heavy atom. The molecule has 0 radical (unpaired) electrons. The minimum atomic E-state index is 0. The average molecular weight is 477 g/mol. The van der Waals surface area contributed by atoms with E-state index in [1.807, 2.05) is 18.2 Å². The van der Waals surface area contributed by atoms with Gasteiger partial charge < -0.3 is 24.8 Å². The van der Waals surface area contributed by atoms with Crippen LogP contribution in [0.2, 0.25) is 0 Å². The zero-order chi connectivity index (χ0) is 17.9. The monoisotopic (exact) mass is 477 g/mol. The van der Waals surface area contributed by atoms with Gasteiger partial charge in [-0.3, -0.25) is 4.99 Å². The molecule has 0 bridgehead atoms. The molecule has 0 unspecified atom stereocenters. The van der Waals surface area contributed by atoms with E-state index >= 15 is 0 Å². The van der Waals surface area contributed by atoms with Crippen molar-refractivity contribution in [3.63, 3.8) is 0 Å². The van der Waals surface area contributed by atoms with E-state index in [0.29, 0.717) is 30.2 Å². The number of hydrogen-bond acceptors (Lipinski definition) is 4. The van der Waals surface area contributed by atoms with Gasteiger partial charge in [0.2, 0.25) is 0 Å². The molecule has 7 heteroatoms. The molecular formula is C19H32IN3O3. The van der Waals surface area contributed by atoms with E-state index in [1.54, 1.807) is 21.3 Å². The number of aliphatic imine (C=N–C) groups is 1. The van der Waals surface area contributed by atoms with Crippen molar-refractivity contribution in [1.82, 2.24) is 5.32 Å². The second-order valence-electron chi connectivity index (χ2n) is 6.18. The first kappa shape index (κ1) is 22.8. The van der Waals surface area contributed by atoms with Crippen LogP contribution in [-0.4, -0.2) is 46.5 Å². The van der Waals surface area contributed by atoms with Gasteiger partial charge in [0, 0.05) is 25.3 Å². The van der Waals surface area contributed by atoms with Crippen LogP contribution in [0.4, 0.5) is 5.69 Å². The zero-order valence-electron chi connectivity index (χ0n) is 16.0. The van der Waals surface area contributed by atoms with Gasteiger partial charge in [-0.2, -0.15) is 0 Å². The molecule has 1 fully saturated rings. The largest absolute Gasteiger partial charge is 0.493 e. The number of halogens is 1. The molecule has 6 nitrogen and oxygen atoms in total. The van der Waals surface area contributed by atoms with Gasteiger partial charge in [-0.25, -0.2) is 0 Å². The van der Waals surface area contributed by atoms with Crippen molar-refractivity contribution in [2.75, 3.05) is 39.7 Å². The number of hydrogen-bond donors (Lipinski definition) is 2. The fraction of sp³-hybridized carbons (Fsp3) is 0.632. The number of benzene rings is 1. The first-order valence-corrected chi connectivity index (χ1v) is 9.08. The highest BCUT2D eigenvalue weighted by atomic mass is 127.